The minimum Gasteiger partial charge on any atom is -0.489 e. The topological polar surface area (TPSA) is 118 Å². The van der Waals surface area contributed by atoms with Gasteiger partial charge in [-0.1, -0.05) is 48.5 Å². The van der Waals surface area contributed by atoms with Crippen LogP contribution in [0.4, 0.5) is 5.69 Å². The van der Waals surface area contributed by atoms with Gasteiger partial charge < -0.3 is 9.72 Å². The van der Waals surface area contributed by atoms with E-state index in [4.69, 9.17) is 4.74 Å². The normalized spacial score (nSPS) is 10.8. The molecule has 3 aromatic rings. The monoisotopic (exact) mass is 365 g/mol. The van der Waals surface area contributed by atoms with Crippen LogP contribution in [-0.4, -0.2) is 14.9 Å². The Morgan fingerprint density at radius 2 is 1.78 bits per heavy atom. The molecule has 2 aromatic carbocycles. The van der Waals surface area contributed by atoms with Crippen molar-refractivity contribution in [3.63, 3.8) is 0 Å². The number of aromatic amines is 2. The zero-order chi connectivity index (χ0) is 19.2. The van der Waals surface area contributed by atoms with E-state index in [1.54, 1.807) is 30.3 Å². The lowest BCUT2D eigenvalue weighted by Crippen LogP contribution is -2.25. The number of nitrogens with zero attached hydrogens (tertiary/aromatic N) is 1. The SMILES string of the molecule is O=c1[nH]c(C=Cc2cccc(OCc3ccccc3)c2)c([N+](=O)[O-])c(=O)[nH]1. The maximum Gasteiger partial charge on any atom is 0.357 e. The molecule has 0 bridgehead atoms. The predicted molar refractivity (Wildman–Crippen MR) is 100 cm³/mol. The molecule has 27 heavy (non-hydrogen) atoms. The fourth-order valence-electron chi connectivity index (χ4n) is 2.43. The second-order valence-corrected chi connectivity index (χ2v) is 5.61. The first-order chi connectivity index (χ1) is 13.0. The van der Waals surface area contributed by atoms with Crippen LogP contribution in [0.1, 0.15) is 16.8 Å². The van der Waals surface area contributed by atoms with E-state index in [0.29, 0.717) is 17.9 Å². The standard InChI is InChI=1S/C19H15N3O5/c23-18-17(22(25)26)16(20-19(24)21-18)10-9-13-7-4-8-15(11-13)27-12-14-5-2-1-3-6-14/h1-11H,12H2,(H2,20,21,23,24). The third-order valence-electron chi connectivity index (χ3n) is 3.68. The van der Waals surface area contributed by atoms with E-state index in [1.807, 2.05) is 35.3 Å². The number of nitro groups is 1. The Bertz CT molecular complexity index is 1100. The number of nitrogens with one attached hydrogen (secondary N) is 2. The van der Waals surface area contributed by atoms with Gasteiger partial charge in [0.25, 0.3) is 0 Å². The molecule has 0 aliphatic heterocycles. The van der Waals surface area contributed by atoms with Crippen LogP contribution >= 0.6 is 0 Å². The number of benzene rings is 2. The molecule has 0 atom stereocenters. The third-order valence-corrected chi connectivity index (χ3v) is 3.68. The summed E-state index contributed by atoms with van der Waals surface area (Å²) in [6.07, 6.45) is 2.86. The minimum absolute atomic E-state index is 0.177. The predicted octanol–water partition coefficient (Wildman–Crippen LogP) is 2.72. The molecule has 1 heterocycles. The van der Waals surface area contributed by atoms with Crippen LogP contribution in [0, 0.1) is 10.1 Å². The fourth-order valence-corrected chi connectivity index (χ4v) is 2.43. The summed E-state index contributed by atoms with van der Waals surface area (Å²) in [6, 6.07) is 16.7. The fraction of sp³-hybridized carbons (Fsp3) is 0.0526. The van der Waals surface area contributed by atoms with Crippen molar-refractivity contribution in [2.45, 2.75) is 6.61 Å². The van der Waals surface area contributed by atoms with Crippen LogP contribution in [0.3, 0.4) is 0 Å². The summed E-state index contributed by atoms with van der Waals surface area (Å²) in [6.45, 7) is 0.404. The average Bonchev–Trinajstić information content (AvgIpc) is 2.65. The van der Waals surface area contributed by atoms with Gasteiger partial charge >= 0.3 is 16.9 Å². The number of ether oxygens (including phenoxy) is 1. The molecule has 0 spiro atoms. The quantitative estimate of drug-likeness (QED) is 0.514. The Morgan fingerprint density at radius 3 is 2.52 bits per heavy atom. The highest BCUT2D eigenvalue weighted by atomic mass is 16.6. The van der Waals surface area contributed by atoms with Crippen molar-refractivity contribution in [1.29, 1.82) is 0 Å². The smallest absolute Gasteiger partial charge is 0.357 e. The van der Waals surface area contributed by atoms with Crippen molar-refractivity contribution < 1.29 is 9.66 Å². The van der Waals surface area contributed by atoms with E-state index in [-0.39, 0.29) is 5.69 Å². The molecular weight excluding hydrogens is 350 g/mol. The van der Waals surface area contributed by atoms with Gasteiger partial charge in [0, 0.05) is 0 Å². The summed E-state index contributed by atoms with van der Waals surface area (Å²) < 4.78 is 5.73. The van der Waals surface area contributed by atoms with Gasteiger partial charge in [-0.05, 0) is 29.3 Å². The van der Waals surface area contributed by atoms with Gasteiger partial charge in [0.2, 0.25) is 0 Å². The molecule has 0 saturated carbocycles. The van der Waals surface area contributed by atoms with Gasteiger partial charge in [-0.2, -0.15) is 0 Å². The van der Waals surface area contributed by atoms with E-state index in [9.17, 15) is 19.7 Å². The Kier molecular flexibility index (Phi) is 5.27. The molecule has 0 saturated heterocycles. The molecule has 0 aliphatic rings. The molecule has 0 radical (unpaired) electrons. The number of rotatable bonds is 6. The first-order valence-corrected chi connectivity index (χ1v) is 7.99. The maximum atomic E-state index is 11.6. The first kappa shape index (κ1) is 17.9. The molecule has 8 nitrogen and oxygen atoms in total. The summed E-state index contributed by atoms with van der Waals surface area (Å²) in [7, 11) is 0. The van der Waals surface area contributed by atoms with E-state index >= 15 is 0 Å². The summed E-state index contributed by atoms with van der Waals surface area (Å²) in [5, 5.41) is 11.0. The lowest BCUT2D eigenvalue weighted by molar-refractivity contribution is -0.386. The number of hydrogen-bond donors (Lipinski definition) is 2. The second-order valence-electron chi connectivity index (χ2n) is 5.61. The Labute approximate surface area is 152 Å². The van der Waals surface area contributed by atoms with E-state index in [0.717, 1.165) is 5.56 Å². The molecule has 0 aliphatic carbocycles. The zero-order valence-electron chi connectivity index (χ0n) is 14.0. The van der Waals surface area contributed by atoms with Gasteiger partial charge in [-0.25, -0.2) is 4.79 Å². The van der Waals surface area contributed by atoms with Crippen molar-refractivity contribution >= 4 is 17.8 Å². The summed E-state index contributed by atoms with van der Waals surface area (Å²) in [5.41, 5.74) is -1.05. The highest BCUT2D eigenvalue weighted by Gasteiger charge is 2.18. The van der Waals surface area contributed by atoms with Gasteiger partial charge in [-0.3, -0.25) is 19.9 Å². The van der Waals surface area contributed by atoms with Crippen molar-refractivity contribution in [3.8, 4) is 5.75 Å². The van der Waals surface area contributed by atoms with Crippen LogP contribution in [-0.2, 0) is 6.61 Å². The highest BCUT2D eigenvalue weighted by molar-refractivity contribution is 5.72. The van der Waals surface area contributed by atoms with Crippen molar-refractivity contribution in [3.05, 3.63) is 102 Å². The van der Waals surface area contributed by atoms with Crippen LogP contribution in [0.2, 0.25) is 0 Å². The maximum absolute atomic E-state index is 11.6. The molecule has 2 N–H and O–H groups in total. The lowest BCUT2D eigenvalue weighted by atomic mass is 10.2. The third kappa shape index (κ3) is 4.57. The highest BCUT2D eigenvalue weighted by Crippen LogP contribution is 2.18. The van der Waals surface area contributed by atoms with Crippen LogP contribution in [0.5, 0.6) is 5.75 Å². The van der Waals surface area contributed by atoms with Gasteiger partial charge in [0.1, 0.15) is 18.1 Å². The summed E-state index contributed by atoms with van der Waals surface area (Å²) in [4.78, 5) is 37.3. The summed E-state index contributed by atoms with van der Waals surface area (Å²) in [5.74, 6) is 0.620. The molecule has 136 valence electrons. The molecule has 0 fully saturated rings. The number of aromatic nitrogens is 2. The van der Waals surface area contributed by atoms with Gasteiger partial charge in [0.15, 0.2) is 0 Å². The molecule has 0 amide bonds. The number of hydrogen-bond acceptors (Lipinski definition) is 5. The number of H-pyrrole nitrogens is 2. The Morgan fingerprint density at radius 1 is 1.00 bits per heavy atom. The molecule has 3 rings (SSSR count). The largest absolute Gasteiger partial charge is 0.489 e. The van der Waals surface area contributed by atoms with Crippen LogP contribution in [0.25, 0.3) is 12.2 Å². The first-order valence-electron chi connectivity index (χ1n) is 7.99. The Balaban J connectivity index is 1.81. The second kappa shape index (κ2) is 7.96. The van der Waals surface area contributed by atoms with E-state index in [1.165, 1.54) is 6.08 Å². The molecular formula is C19H15N3O5. The summed E-state index contributed by atoms with van der Waals surface area (Å²) >= 11 is 0. The van der Waals surface area contributed by atoms with Gasteiger partial charge in [0.05, 0.1) is 4.92 Å². The minimum atomic E-state index is -1.05. The van der Waals surface area contributed by atoms with E-state index < -0.39 is 21.9 Å². The van der Waals surface area contributed by atoms with Crippen LogP contribution in [0.15, 0.2) is 64.2 Å². The molecule has 1 aromatic heterocycles. The zero-order valence-corrected chi connectivity index (χ0v) is 14.0. The molecule has 8 heteroatoms. The lowest BCUT2D eigenvalue weighted by Gasteiger charge is -2.07. The Hall–Kier alpha value is -3.94. The molecule has 0 unspecified atom stereocenters. The van der Waals surface area contributed by atoms with E-state index in [2.05, 4.69) is 4.98 Å². The van der Waals surface area contributed by atoms with Crippen molar-refractivity contribution in [2.24, 2.45) is 0 Å². The average molecular weight is 365 g/mol. The van der Waals surface area contributed by atoms with Crippen molar-refractivity contribution in [1.82, 2.24) is 9.97 Å². The van der Waals surface area contributed by atoms with Crippen LogP contribution < -0.4 is 16.0 Å². The van der Waals surface area contributed by atoms with Gasteiger partial charge in [-0.15, -0.1) is 0 Å². The van der Waals surface area contributed by atoms with Crippen molar-refractivity contribution in [2.75, 3.05) is 0 Å².